The third kappa shape index (κ3) is 3.58. The highest BCUT2D eigenvalue weighted by Crippen LogP contribution is 2.34. The number of fused-ring (bicyclic) bond motifs is 1. The van der Waals surface area contributed by atoms with Crippen LogP contribution < -0.4 is 9.47 Å². The first-order valence-electron chi connectivity index (χ1n) is 10.0. The maximum atomic E-state index is 13.0. The number of H-pyrrole nitrogens is 1. The quantitative estimate of drug-likeness (QED) is 0.738. The molecular weight excluding hydrogens is 366 g/mol. The molecule has 2 aliphatic rings. The van der Waals surface area contributed by atoms with Crippen molar-refractivity contribution in [1.29, 1.82) is 0 Å². The fraction of sp³-hybridized carbons (Fsp3) is 0.304. The lowest BCUT2D eigenvalue weighted by Crippen LogP contribution is -2.40. The van der Waals surface area contributed by atoms with Gasteiger partial charge < -0.3 is 14.4 Å². The molecule has 1 fully saturated rings. The molecule has 5 rings (SSSR count). The lowest BCUT2D eigenvalue weighted by atomic mass is 9.90. The van der Waals surface area contributed by atoms with Crippen molar-refractivity contribution in [3.05, 3.63) is 66.0 Å². The summed E-state index contributed by atoms with van der Waals surface area (Å²) in [5.74, 6) is 1.88. The lowest BCUT2D eigenvalue weighted by Gasteiger charge is -2.33. The second-order valence-corrected chi connectivity index (χ2v) is 7.61. The van der Waals surface area contributed by atoms with Crippen LogP contribution in [0.25, 0.3) is 11.1 Å². The topological polar surface area (TPSA) is 67.5 Å². The molecule has 1 amide bonds. The standard InChI is InChI=1S/C23H23N3O3/c27-22(12-16-8-9-20-21(11-16)29-15-28-20)26-10-4-7-18(14-26)23-19(13-24-25-23)17-5-2-1-3-6-17/h1-3,5-6,8-9,11,13,18H,4,7,10,12,14-15H2,(H,24,25)/t18-/m1/s1. The Morgan fingerprint density at radius 3 is 2.90 bits per heavy atom. The number of aromatic nitrogens is 2. The van der Waals surface area contributed by atoms with Crippen molar-refractivity contribution in [2.45, 2.75) is 25.2 Å². The van der Waals surface area contributed by atoms with Gasteiger partial charge in [-0.15, -0.1) is 0 Å². The second kappa shape index (κ2) is 7.62. The van der Waals surface area contributed by atoms with Gasteiger partial charge in [0.2, 0.25) is 12.7 Å². The van der Waals surface area contributed by atoms with E-state index in [2.05, 4.69) is 22.3 Å². The van der Waals surface area contributed by atoms with E-state index in [0.717, 1.165) is 53.3 Å². The van der Waals surface area contributed by atoms with Crippen molar-refractivity contribution in [3.63, 3.8) is 0 Å². The molecule has 6 nitrogen and oxygen atoms in total. The number of nitrogens with one attached hydrogen (secondary N) is 1. The lowest BCUT2D eigenvalue weighted by molar-refractivity contribution is -0.131. The van der Waals surface area contributed by atoms with Crippen molar-refractivity contribution >= 4 is 5.91 Å². The van der Waals surface area contributed by atoms with Crippen molar-refractivity contribution in [2.75, 3.05) is 19.9 Å². The van der Waals surface area contributed by atoms with Crippen LogP contribution in [0.2, 0.25) is 0 Å². The molecule has 3 aromatic rings. The molecule has 0 spiro atoms. The van der Waals surface area contributed by atoms with E-state index in [1.54, 1.807) is 0 Å². The van der Waals surface area contributed by atoms with Crippen molar-refractivity contribution < 1.29 is 14.3 Å². The number of carbonyl (C=O) groups excluding carboxylic acids is 1. The number of carbonyl (C=O) groups is 1. The van der Waals surface area contributed by atoms with Gasteiger partial charge in [-0.2, -0.15) is 5.10 Å². The van der Waals surface area contributed by atoms with Gasteiger partial charge in [0.05, 0.1) is 12.6 Å². The van der Waals surface area contributed by atoms with Gasteiger partial charge in [0.25, 0.3) is 0 Å². The highest BCUT2D eigenvalue weighted by atomic mass is 16.7. The molecule has 0 bridgehead atoms. The van der Waals surface area contributed by atoms with E-state index in [-0.39, 0.29) is 18.6 Å². The van der Waals surface area contributed by atoms with E-state index in [1.807, 2.05) is 47.5 Å². The van der Waals surface area contributed by atoms with Crippen molar-refractivity contribution in [2.24, 2.45) is 0 Å². The molecule has 1 N–H and O–H groups in total. The molecule has 1 atom stereocenters. The Balaban J connectivity index is 1.30. The average Bonchev–Trinajstić information content (AvgIpc) is 3.44. The number of amides is 1. The molecule has 2 aliphatic heterocycles. The molecule has 3 heterocycles. The summed E-state index contributed by atoms with van der Waals surface area (Å²) < 4.78 is 10.8. The first kappa shape index (κ1) is 17.8. The minimum Gasteiger partial charge on any atom is -0.454 e. The van der Waals surface area contributed by atoms with Gasteiger partial charge in [-0.05, 0) is 36.1 Å². The van der Waals surface area contributed by atoms with Crippen LogP contribution in [0.1, 0.15) is 30.0 Å². The van der Waals surface area contributed by atoms with Crippen LogP contribution in [-0.4, -0.2) is 40.9 Å². The zero-order chi connectivity index (χ0) is 19.6. The first-order chi connectivity index (χ1) is 14.3. The minimum atomic E-state index is 0.148. The highest BCUT2D eigenvalue weighted by molar-refractivity contribution is 5.79. The Hall–Kier alpha value is -3.28. The predicted octanol–water partition coefficient (Wildman–Crippen LogP) is 3.75. The van der Waals surface area contributed by atoms with Gasteiger partial charge in [0.15, 0.2) is 11.5 Å². The monoisotopic (exact) mass is 389 g/mol. The summed E-state index contributed by atoms with van der Waals surface area (Å²) in [6.07, 6.45) is 4.30. The van der Waals surface area contributed by atoms with Crippen LogP contribution in [0.4, 0.5) is 0 Å². The number of likely N-dealkylation sites (tertiary alicyclic amines) is 1. The Morgan fingerprint density at radius 1 is 1.14 bits per heavy atom. The summed E-state index contributed by atoms with van der Waals surface area (Å²) in [6.45, 7) is 1.76. The Kier molecular flexibility index (Phi) is 4.68. The molecule has 1 saturated heterocycles. The molecule has 0 saturated carbocycles. The van der Waals surface area contributed by atoms with Crippen molar-refractivity contribution in [1.82, 2.24) is 15.1 Å². The van der Waals surface area contributed by atoms with Gasteiger partial charge in [-0.25, -0.2) is 0 Å². The summed E-state index contributed by atoms with van der Waals surface area (Å²) in [5, 5.41) is 7.48. The zero-order valence-electron chi connectivity index (χ0n) is 16.1. The Bertz CT molecular complexity index is 1020. The van der Waals surface area contributed by atoms with Crippen molar-refractivity contribution in [3.8, 4) is 22.6 Å². The second-order valence-electron chi connectivity index (χ2n) is 7.61. The van der Waals surface area contributed by atoms with Gasteiger partial charge in [0.1, 0.15) is 0 Å². The molecule has 0 unspecified atom stereocenters. The van der Waals surface area contributed by atoms with Crippen LogP contribution in [0.5, 0.6) is 11.5 Å². The normalized spacial score (nSPS) is 18.1. The number of benzene rings is 2. The maximum Gasteiger partial charge on any atom is 0.231 e. The average molecular weight is 389 g/mol. The fourth-order valence-electron chi connectivity index (χ4n) is 4.23. The highest BCUT2D eigenvalue weighted by Gasteiger charge is 2.28. The number of piperidine rings is 1. The SMILES string of the molecule is O=C(Cc1ccc2c(c1)OCO2)N1CCC[C@@H](c2[nH]ncc2-c2ccccc2)C1. The van der Waals surface area contributed by atoms with Crippen LogP contribution in [0.15, 0.2) is 54.7 Å². The molecule has 1 aromatic heterocycles. The Morgan fingerprint density at radius 2 is 2.00 bits per heavy atom. The summed E-state index contributed by atoms with van der Waals surface area (Å²) >= 11 is 0. The van der Waals surface area contributed by atoms with Gasteiger partial charge in [-0.3, -0.25) is 9.89 Å². The summed E-state index contributed by atoms with van der Waals surface area (Å²) in [5.41, 5.74) is 4.35. The smallest absolute Gasteiger partial charge is 0.231 e. The van der Waals surface area contributed by atoms with E-state index in [0.29, 0.717) is 13.0 Å². The molecule has 0 aliphatic carbocycles. The molecular formula is C23H23N3O3. The molecule has 0 radical (unpaired) electrons. The van der Waals surface area contributed by atoms with Gasteiger partial charge >= 0.3 is 0 Å². The van der Waals surface area contributed by atoms with Crippen LogP contribution in [-0.2, 0) is 11.2 Å². The molecule has 6 heteroatoms. The van der Waals surface area contributed by atoms with E-state index < -0.39 is 0 Å². The van der Waals surface area contributed by atoms with E-state index >= 15 is 0 Å². The molecule has 2 aromatic carbocycles. The van der Waals surface area contributed by atoms with Crippen LogP contribution >= 0.6 is 0 Å². The number of aromatic amines is 1. The maximum absolute atomic E-state index is 13.0. The minimum absolute atomic E-state index is 0.148. The Labute approximate surface area is 169 Å². The number of nitrogens with zero attached hydrogens (tertiary/aromatic N) is 2. The van der Waals surface area contributed by atoms with Crippen LogP contribution in [0.3, 0.4) is 0 Å². The number of hydrogen-bond acceptors (Lipinski definition) is 4. The fourth-order valence-corrected chi connectivity index (χ4v) is 4.23. The first-order valence-corrected chi connectivity index (χ1v) is 10.0. The van der Waals surface area contributed by atoms with E-state index in [1.165, 1.54) is 0 Å². The van der Waals surface area contributed by atoms with E-state index in [9.17, 15) is 4.79 Å². The number of rotatable bonds is 4. The number of hydrogen-bond donors (Lipinski definition) is 1. The summed E-state index contributed by atoms with van der Waals surface area (Å²) in [6, 6.07) is 16.0. The third-order valence-corrected chi connectivity index (χ3v) is 5.73. The molecule has 148 valence electrons. The number of ether oxygens (including phenoxy) is 2. The van der Waals surface area contributed by atoms with Gasteiger partial charge in [0, 0.05) is 30.3 Å². The predicted molar refractivity (Wildman–Crippen MR) is 109 cm³/mol. The largest absolute Gasteiger partial charge is 0.454 e. The van der Waals surface area contributed by atoms with E-state index in [4.69, 9.17) is 9.47 Å². The summed E-state index contributed by atoms with van der Waals surface area (Å²) in [7, 11) is 0. The van der Waals surface area contributed by atoms with Crippen LogP contribution in [0, 0.1) is 0 Å². The summed E-state index contributed by atoms with van der Waals surface area (Å²) in [4.78, 5) is 14.9. The third-order valence-electron chi connectivity index (χ3n) is 5.73. The zero-order valence-corrected chi connectivity index (χ0v) is 16.1. The van der Waals surface area contributed by atoms with Gasteiger partial charge in [-0.1, -0.05) is 36.4 Å². The molecule has 29 heavy (non-hydrogen) atoms.